The van der Waals surface area contributed by atoms with Gasteiger partial charge in [-0.05, 0) is 43.5 Å². The predicted molar refractivity (Wildman–Crippen MR) is 104 cm³/mol. The molecule has 0 saturated carbocycles. The van der Waals surface area contributed by atoms with Crippen molar-refractivity contribution in [1.29, 1.82) is 0 Å². The van der Waals surface area contributed by atoms with Crippen molar-refractivity contribution >= 4 is 23.3 Å². The lowest BCUT2D eigenvalue weighted by Crippen LogP contribution is -2.35. The molecule has 0 saturated heterocycles. The molecule has 0 aliphatic rings. The summed E-state index contributed by atoms with van der Waals surface area (Å²) in [4.78, 5) is 30.7. The number of pyridine rings is 1. The molecule has 6 nitrogen and oxygen atoms in total. The zero-order valence-corrected chi connectivity index (χ0v) is 15.6. The summed E-state index contributed by atoms with van der Waals surface area (Å²) >= 11 is 0. The topological polar surface area (TPSA) is 74.3 Å². The quantitative estimate of drug-likeness (QED) is 0.750. The molecule has 2 aromatic rings. The summed E-state index contributed by atoms with van der Waals surface area (Å²) in [7, 11) is 0. The van der Waals surface area contributed by atoms with E-state index in [-0.39, 0.29) is 6.54 Å². The van der Waals surface area contributed by atoms with Crippen LogP contribution in [0.4, 0.5) is 11.5 Å². The maximum atomic E-state index is 12.1. The van der Waals surface area contributed by atoms with Gasteiger partial charge in [-0.2, -0.15) is 0 Å². The van der Waals surface area contributed by atoms with Crippen LogP contribution in [0.15, 0.2) is 42.6 Å². The van der Waals surface area contributed by atoms with E-state index in [1.807, 2.05) is 37.3 Å². The molecule has 0 aliphatic heterocycles. The highest BCUT2D eigenvalue weighted by atomic mass is 16.2. The van der Waals surface area contributed by atoms with Gasteiger partial charge in [0.1, 0.15) is 5.82 Å². The highest BCUT2D eigenvalue weighted by Crippen LogP contribution is 2.15. The molecule has 138 valence electrons. The van der Waals surface area contributed by atoms with Gasteiger partial charge >= 0.3 is 11.8 Å². The Morgan fingerprint density at radius 3 is 2.35 bits per heavy atom. The van der Waals surface area contributed by atoms with Crippen LogP contribution in [0, 0.1) is 0 Å². The molecule has 0 radical (unpaired) electrons. The molecular formula is C20H26N4O2. The van der Waals surface area contributed by atoms with Gasteiger partial charge in [0, 0.05) is 31.5 Å². The molecule has 0 fully saturated rings. The highest BCUT2D eigenvalue weighted by Gasteiger charge is 2.14. The minimum absolute atomic E-state index is 0.257. The number of carbonyl (C=O) groups excluding carboxylic acids is 2. The van der Waals surface area contributed by atoms with Crippen LogP contribution in [-0.2, 0) is 22.6 Å². The third-order valence-electron chi connectivity index (χ3n) is 4.20. The molecule has 1 aromatic carbocycles. The molecule has 0 bridgehead atoms. The number of hydrogen-bond donors (Lipinski definition) is 2. The number of aryl methyl sites for hydroxylation is 1. The fourth-order valence-electron chi connectivity index (χ4n) is 2.65. The Bertz CT molecular complexity index is 740. The number of rotatable bonds is 7. The second-order valence-corrected chi connectivity index (χ2v) is 5.84. The first-order valence-corrected chi connectivity index (χ1v) is 8.95. The third-order valence-corrected chi connectivity index (χ3v) is 4.20. The Labute approximate surface area is 154 Å². The van der Waals surface area contributed by atoms with E-state index in [4.69, 9.17) is 0 Å². The lowest BCUT2D eigenvalue weighted by atomic mass is 10.1. The van der Waals surface area contributed by atoms with E-state index < -0.39 is 11.8 Å². The van der Waals surface area contributed by atoms with Crippen molar-refractivity contribution in [1.82, 2.24) is 10.3 Å². The monoisotopic (exact) mass is 354 g/mol. The maximum absolute atomic E-state index is 12.1. The number of benzene rings is 1. The van der Waals surface area contributed by atoms with Crippen molar-refractivity contribution in [3.05, 3.63) is 53.7 Å². The molecule has 26 heavy (non-hydrogen) atoms. The summed E-state index contributed by atoms with van der Waals surface area (Å²) < 4.78 is 0. The minimum Gasteiger partial charge on any atom is -0.357 e. The summed E-state index contributed by atoms with van der Waals surface area (Å²) in [5.41, 5.74) is 2.50. The molecule has 2 rings (SSSR count). The SMILES string of the molecule is CCc1ccccc1NC(=O)C(=O)NCc1ccc(N(CC)CC)nc1. The second-order valence-electron chi connectivity index (χ2n) is 5.84. The largest absolute Gasteiger partial charge is 0.357 e. The first-order chi connectivity index (χ1) is 12.6. The van der Waals surface area contributed by atoms with E-state index in [1.54, 1.807) is 12.3 Å². The number of para-hydroxylation sites is 1. The van der Waals surface area contributed by atoms with Gasteiger partial charge in [0.05, 0.1) is 0 Å². The number of anilines is 2. The summed E-state index contributed by atoms with van der Waals surface area (Å²) in [5.74, 6) is -0.429. The Kier molecular flexibility index (Phi) is 7.14. The zero-order valence-electron chi connectivity index (χ0n) is 15.6. The average molecular weight is 354 g/mol. The van der Waals surface area contributed by atoms with Crippen LogP contribution >= 0.6 is 0 Å². The van der Waals surface area contributed by atoms with Crippen LogP contribution in [0.3, 0.4) is 0 Å². The molecule has 0 spiro atoms. The van der Waals surface area contributed by atoms with E-state index in [9.17, 15) is 9.59 Å². The Hall–Kier alpha value is -2.89. The summed E-state index contributed by atoms with van der Waals surface area (Å²) in [6, 6.07) is 11.3. The van der Waals surface area contributed by atoms with E-state index in [0.717, 1.165) is 36.5 Å². The summed E-state index contributed by atoms with van der Waals surface area (Å²) in [5, 5.41) is 5.29. The molecule has 1 heterocycles. The van der Waals surface area contributed by atoms with E-state index in [0.29, 0.717) is 5.69 Å². The average Bonchev–Trinajstić information content (AvgIpc) is 2.68. The van der Waals surface area contributed by atoms with Crippen LogP contribution < -0.4 is 15.5 Å². The van der Waals surface area contributed by atoms with Crippen LogP contribution in [0.1, 0.15) is 31.9 Å². The number of nitrogens with zero attached hydrogens (tertiary/aromatic N) is 2. The molecule has 1 aromatic heterocycles. The highest BCUT2D eigenvalue weighted by molar-refractivity contribution is 6.39. The van der Waals surface area contributed by atoms with Crippen LogP contribution in [0.5, 0.6) is 0 Å². The number of nitrogens with one attached hydrogen (secondary N) is 2. The lowest BCUT2D eigenvalue weighted by Gasteiger charge is -2.19. The fraction of sp³-hybridized carbons (Fsp3) is 0.350. The first-order valence-electron chi connectivity index (χ1n) is 8.95. The van der Waals surface area contributed by atoms with Gasteiger partial charge in [-0.25, -0.2) is 4.98 Å². The van der Waals surface area contributed by atoms with Crippen molar-refractivity contribution in [3.63, 3.8) is 0 Å². The predicted octanol–water partition coefficient (Wildman–Crippen LogP) is 2.75. The van der Waals surface area contributed by atoms with Gasteiger partial charge in [0.2, 0.25) is 0 Å². The number of aromatic nitrogens is 1. The molecule has 0 unspecified atom stereocenters. The van der Waals surface area contributed by atoms with Crippen molar-refractivity contribution in [2.24, 2.45) is 0 Å². The van der Waals surface area contributed by atoms with Crippen LogP contribution in [0.25, 0.3) is 0 Å². The molecule has 6 heteroatoms. The van der Waals surface area contributed by atoms with Gasteiger partial charge in [-0.3, -0.25) is 9.59 Å². The summed E-state index contributed by atoms with van der Waals surface area (Å²) in [6.45, 7) is 8.19. The zero-order chi connectivity index (χ0) is 18.9. The van der Waals surface area contributed by atoms with Crippen molar-refractivity contribution in [2.45, 2.75) is 33.7 Å². The smallest absolute Gasteiger partial charge is 0.313 e. The molecule has 0 atom stereocenters. The van der Waals surface area contributed by atoms with Gasteiger partial charge in [0.15, 0.2) is 0 Å². The molecule has 2 N–H and O–H groups in total. The number of hydrogen-bond acceptors (Lipinski definition) is 4. The van der Waals surface area contributed by atoms with Gasteiger partial charge in [-0.1, -0.05) is 31.2 Å². The van der Waals surface area contributed by atoms with Crippen molar-refractivity contribution in [3.8, 4) is 0 Å². The van der Waals surface area contributed by atoms with E-state index in [1.165, 1.54) is 0 Å². The molecule has 0 aliphatic carbocycles. The Balaban J connectivity index is 1.90. The van der Waals surface area contributed by atoms with Crippen molar-refractivity contribution in [2.75, 3.05) is 23.3 Å². The van der Waals surface area contributed by atoms with E-state index >= 15 is 0 Å². The van der Waals surface area contributed by atoms with E-state index in [2.05, 4.69) is 34.4 Å². The fourth-order valence-corrected chi connectivity index (χ4v) is 2.65. The minimum atomic E-state index is -0.668. The van der Waals surface area contributed by atoms with Gasteiger partial charge in [-0.15, -0.1) is 0 Å². The van der Waals surface area contributed by atoms with Crippen LogP contribution in [-0.4, -0.2) is 29.9 Å². The normalized spacial score (nSPS) is 10.3. The first kappa shape index (κ1) is 19.4. The number of amides is 2. The second kappa shape index (κ2) is 9.56. The van der Waals surface area contributed by atoms with Crippen LogP contribution in [0.2, 0.25) is 0 Å². The lowest BCUT2D eigenvalue weighted by molar-refractivity contribution is -0.136. The Morgan fingerprint density at radius 2 is 1.73 bits per heavy atom. The van der Waals surface area contributed by atoms with Crippen molar-refractivity contribution < 1.29 is 9.59 Å². The maximum Gasteiger partial charge on any atom is 0.313 e. The number of carbonyl (C=O) groups is 2. The molecular weight excluding hydrogens is 328 g/mol. The summed E-state index contributed by atoms with van der Waals surface area (Å²) in [6.07, 6.45) is 2.50. The van der Waals surface area contributed by atoms with Gasteiger partial charge in [0.25, 0.3) is 0 Å². The molecule has 2 amide bonds. The third kappa shape index (κ3) is 5.05. The Morgan fingerprint density at radius 1 is 1.00 bits per heavy atom. The standard InChI is InChI=1S/C20H26N4O2/c1-4-16-9-7-8-10-17(16)23-20(26)19(25)22-14-15-11-12-18(21-13-15)24(5-2)6-3/h7-13H,4-6,14H2,1-3H3,(H,22,25)(H,23,26). The van der Waals surface area contributed by atoms with Gasteiger partial charge < -0.3 is 15.5 Å².